The molecule has 0 saturated carbocycles. The molecule has 3 aromatic rings. The van der Waals surface area contributed by atoms with Crippen LogP contribution in [-0.4, -0.2) is 33.9 Å². The molecule has 0 radical (unpaired) electrons. The Morgan fingerprint density at radius 1 is 1.11 bits per heavy atom. The van der Waals surface area contributed by atoms with Crippen LogP contribution in [0.15, 0.2) is 60.8 Å². The van der Waals surface area contributed by atoms with Crippen molar-refractivity contribution in [1.82, 2.24) is 14.9 Å². The maximum Gasteiger partial charge on any atom is 0.227 e. The Balaban J connectivity index is 1.49. The maximum atomic E-state index is 13.2. The maximum absolute atomic E-state index is 13.2. The quantitative estimate of drug-likeness (QED) is 0.774. The van der Waals surface area contributed by atoms with E-state index >= 15 is 0 Å². The van der Waals surface area contributed by atoms with Crippen molar-refractivity contribution in [3.8, 4) is 11.1 Å². The van der Waals surface area contributed by atoms with Gasteiger partial charge in [-0.05, 0) is 23.3 Å². The average molecular weight is 362 g/mol. The Morgan fingerprint density at radius 3 is 2.52 bits per heavy atom. The van der Waals surface area contributed by atoms with E-state index in [0.29, 0.717) is 19.5 Å². The van der Waals surface area contributed by atoms with E-state index in [1.54, 1.807) is 18.3 Å². The molecule has 4 rings (SSSR count). The van der Waals surface area contributed by atoms with E-state index < -0.39 is 0 Å². The molecule has 0 unspecified atom stereocenters. The predicted octanol–water partition coefficient (Wildman–Crippen LogP) is 3.03. The minimum atomic E-state index is -0.294. The van der Waals surface area contributed by atoms with Crippen molar-refractivity contribution in [1.29, 1.82) is 0 Å². The standard InChI is InChI=1S/C21H19FN4O/c22-17-8-6-15(7-9-17)18-11-24-21(23)25-20(18)16-12-26(13-16)19(27)10-14-4-2-1-3-5-14/h1-9,11,16H,10,12-13H2,(H2,23,24,25). The van der Waals surface area contributed by atoms with Crippen molar-refractivity contribution in [3.05, 3.63) is 77.9 Å². The number of carbonyl (C=O) groups is 1. The Bertz CT molecular complexity index is 954. The first kappa shape index (κ1) is 17.1. The number of amides is 1. The fourth-order valence-corrected chi connectivity index (χ4v) is 3.31. The Kier molecular flexibility index (Phi) is 4.54. The average Bonchev–Trinajstić information content (AvgIpc) is 2.62. The first-order chi connectivity index (χ1) is 13.1. The largest absolute Gasteiger partial charge is 0.368 e. The molecule has 1 aromatic heterocycles. The smallest absolute Gasteiger partial charge is 0.227 e. The molecule has 2 N–H and O–H groups in total. The molecular weight excluding hydrogens is 343 g/mol. The highest BCUT2D eigenvalue weighted by atomic mass is 19.1. The molecule has 6 heteroatoms. The third kappa shape index (κ3) is 3.65. The van der Waals surface area contributed by atoms with Crippen molar-refractivity contribution in [2.75, 3.05) is 18.8 Å². The number of rotatable bonds is 4. The lowest BCUT2D eigenvalue weighted by molar-refractivity contribution is -0.134. The summed E-state index contributed by atoms with van der Waals surface area (Å²) in [5, 5.41) is 0. The highest BCUT2D eigenvalue weighted by molar-refractivity contribution is 5.80. The zero-order chi connectivity index (χ0) is 18.8. The molecule has 0 spiro atoms. The van der Waals surface area contributed by atoms with Crippen LogP contribution in [0.25, 0.3) is 11.1 Å². The number of nitrogens with two attached hydrogens (primary N) is 1. The van der Waals surface area contributed by atoms with Gasteiger partial charge in [0.05, 0.1) is 12.1 Å². The molecule has 1 amide bonds. The molecule has 136 valence electrons. The number of anilines is 1. The van der Waals surface area contributed by atoms with Gasteiger partial charge >= 0.3 is 0 Å². The Hall–Kier alpha value is -3.28. The number of halogens is 1. The molecule has 27 heavy (non-hydrogen) atoms. The van der Waals surface area contributed by atoms with Crippen LogP contribution in [0.1, 0.15) is 17.2 Å². The summed E-state index contributed by atoms with van der Waals surface area (Å²) >= 11 is 0. The van der Waals surface area contributed by atoms with Crippen LogP contribution in [-0.2, 0) is 11.2 Å². The summed E-state index contributed by atoms with van der Waals surface area (Å²) < 4.78 is 13.2. The van der Waals surface area contributed by atoms with Gasteiger partial charge in [-0.25, -0.2) is 14.4 Å². The number of nitrogens with zero attached hydrogens (tertiary/aromatic N) is 3. The summed E-state index contributed by atoms with van der Waals surface area (Å²) in [7, 11) is 0. The summed E-state index contributed by atoms with van der Waals surface area (Å²) in [6.45, 7) is 1.19. The van der Waals surface area contributed by atoms with Crippen molar-refractivity contribution in [2.24, 2.45) is 0 Å². The monoisotopic (exact) mass is 362 g/mol. The van der Waals surface area contributed by atoms with Crippen molar-refractivity contribution < 1.29 is 9.18 Å². The summed E-state index contributed by atoms with van der Waals surface area (Å²) in [6, 6.07) is 15.9. The van der Waals surface area contributed by atoms with E-state index in [1.807, 2.05) is 35.2 Å². The van der Waals surface area contributed by atoms with Gasteiger partial charge in [-0.1, -0.05) is 42.5 Å². The zero-order valence-electron chi connectivity index (χ0n) is 14.7. The molecule has 1 aliphatic heterocycles. The number of likely N-dealkylation sites (tertiary alicyclic amines) is 1. The fourth-order valence-electron chi connectivity index (χ4n) is 3.31. The van der Waals surface area contributed by atoms with Gasteiger partial charge in [-0.15, -0.1) is 0 Å². The van der Waals surface area contributed by atoms with E-state index in [0.717, 1.165) is 22.4 Å². The molecule has 5 nitrogen and oxygen atoms in total. The van der Waals surface area contributed by atoms with Crippen LogP contribution in [0.3, 0.4) is 0 Å². The number of carbonyl (C=O) groups excluding carboxylic acids is 1. The summed E-state index contributed by atoms with van der Waals surface area (Å²) in [4.78, 5) is 22.8. The van der Waals surface area contributed by atoms with Gasteiger partial charge in [0.2, 0.25) is 11.9 Å². The lowest BCUT2D eigenvalue weighted by Crippen LogP contribution is -2.49. The van der Waals surface area contributed by atoms with Crippen LogP contribution in [0.2, 0.25) is 0 Å². The van der Waals surface area contributed by atoms with Crippen molar-refractivity contribution in [3.63, 3.8) is 0 Å². The van der Waals surface area contributed by atoms with Crippen LogP contribution >= 0.6 is 0 Å². The summed E-state index contributed by atoms with van der Waals surface area (Å²) in [5.74, 6) is 0.0980. The number of nitrogen functional groups attached to an aromatic ring is 1. The number of hydrogen-bond acceptors (Lipinski definition) is 4. The van der Waals surface area contributed by atoms with Crippen LogP contribution in [0.4, 0.5) is 10.3 Å². The molecule has 2 aromatic carbocycles. The lowest BCUT2D eigenvalue weighted by Gasteiger charge is -2.39. The fraction of sp³-hybridized carbons (Fsp3) is 0.190. The highest BCUT2D eigenvalue weighted by Gasteiger charge is 2.34. The van der Waals surface area contributed by atoms with E-state index in [1.165, 1.54) is 12.1 Å². The Labute approximate surface area is 156 Å². The van der Waals surface area contributed by atoms with Crippen molar-refractivity contribution in [2.45, 2.75) is 12.3 Å². The number of benzene rings is 2. The van der Waals surface area contributed by atoms with E-state index in [9.17, 15) is 9.18 Å². The highest BCUT2D eigenvalue weighted by Crippen LogP contribution is 2.33. The van der Waals surface area contributed by atoms with Crippen LogP contribution < -0.4 is 5.73 Å². The SMILES string of the molecule is Nc1ncc(-c2ccc(F)cc2)c(C2CN(C(=O)Cc3ccccc3)C2)n1. The predicted molar refractivity (Wildman–Crippen MR) is 101 cm³/mol. The van der Waals surface area contributed by atoms with Gasteiger partial charge in [0.15, 0.2) is 0 Å². The molecule has 2 heterocycles. The molecule has 1 aliphatic rings. The summed E-state index contributed by atoms with van der Waals surface area (Å²) in [6.07, 6.45) is 2.06. The first-order valence-corrected chi connectivity index (χ1v) is 8.80. The third-order valence-corrected chi connectivity index (χ3v) is 4.81. The molecule has 0 aliphatic carbocycles. The number of hydrogen-bond donors (Lipinski definition) is 1. The minimum Gasteiger partial charge on any atom is -0.368 e. The van der Waals surface area contributed by atoms with E-state index in [4.69, 9.17) is 5.73 Å². The first-order valence-electron chi connectivity index (χ1n) is 8.80. The molecule has 1 saturated heterocycles. The normalized spacial score (nSPS) is 14.0. The van der Waals surface area contributed by atoms with E-state index in [-0.39, 0.29) is 23.6 Å². The van der Waals surface area contributed by atoms with E-state index in [2.05, 4.69) is 9.97 Å². The topological polar surface area (TPSA) is 72.1 Å². The van der Waals surface area contributed by atoms with Gasteiger partial charge in [0, 0.05) is 30.8 Å². The second-order valence-electron chi connectivity index (χ2n) is 6.69. The lowest BCUT2D eigenvalue weighted by atomic mass is 9.90. The van der Waals surface area contributed by atoms with Gasteiger partial charge in [-0.3, -0.25) is 4.79 Å². The second-order valence-corrected chi connectivity index (χ2v) is 6.69. The van der Waals surface area contributed by atoms with Crippen LogP contribution in [0.5, 0.6) is 0 Å². The number of aromatic nitrogens is 2. The molecule has 0 atom stereocenters. The third-order valence-electron chi connectivity index (χ3n) is 4.81. The zero-order valence-corrected chi connectivity index (χ0v) is 14.7. The Morgan fingerprint density at radius 2 is 1.81 bits per heavy atom. The van der Waals surface area contributed by atoms with Crippen LogP contribution in [0, 0.1) is 5.82 Å². The molecule has 1 fully saturated rings. The molecular formula is C21H19FN4O. The molecule has 0 bridgehead atoms. The summed E-state index contributed by atoms with van der Waals surface area (Å²) in [5.41, 5.74) is 9.24. The van der Waals surface area contributed by atoms with Gasteiger partial charge in [0.25, 0.3) is 0 Å². The second kappa shape index (κ2) is 7.15. The van der Waals surface area contributed by atoms with Gasteiger partial charge in [0.1, 0.15) is 5.82 Å². The van der Waals surface area contributed by atoms with Gasteiger partial charge in [-0.2, -0.15) is 0 Å². The minimum absolute atomic E-state index is 0.0927. The van der Waals surface area contributed by atoms with Gasteiger partial charge < -0.3 is 10.6 Å². The van der Waals surface area contributed by atoms with Crippen molar-refractivity contribution >= 4 is 11.9 Å².